The third-order valence-electron chi connectivity index (χ3n) is 1.37. The van der Waals surface area contributed by atoms with E-state index < -0.39 is 0 Å². The Labute approximate surface area is 60.9 Å². The predicted molar refractivity (Wildman–Crippen MR) is 40.5 cm³/mol. The van der Waals surface area contributed by atoms with Gasteiger partial charge < -0.3 is 4.57 Å². The molecule has 0 amide bonds. The molecule has 2 heteroatoms. The molecule has 1 rings (SSSR count). The van der Waals surface area contributed by atoms with Crippen molar-refractivity contribution in [3.8, 4) is 12.3 Å². The maximum absolute atomic E-state index is 5.22. The van der Waals surface area contributed by atoms with Crippen LogP contribution in [-0.4, -0.2) is 9.55 Å². The van der Waals surface area contributed by atoms with E-state index in [1.807, 2.05) is 4.57 Å². The Bertz CT molecular complexity index is 252. The fourth-order valence-electron chi connectivity index (χ4n) is 0.828. The van der Waals surface area contributed by atoms with E-state index >= 15 is 0 Å². The van der Waals surface area contributed by atoms with Crippen molar-refractivity contribution in [2.24, 2.45) is 0 Å². The SMILES string of the molecule is C#Cc1cncn1C(C)C. The molecule has 2 nitrogen and oxygen atoms in total. The van der Waals surface area contributed by atoms with Crippen LogP contribution in [0.25, 0.3) is 0 Å². The second kappa shape index (κ2) is 2.57. The summed E-state index contributed by atoms with van der Waals surface area (Å²) in [7, 11) is 0. The van der Waals surface area contributed by atoms with E-state index in [-0.39, 0.29) is 0 Å². The highest BCUT2D eigenvalue weighted by molar-refractivity contribution is 5.22. The van der Waals surface area contributed by atoms with E-state index in [0.717, 1.165) is 5.69 Å². The van der Waals surface area contributed by atoms with Crippen molar-refractivity contribution >= 4 is 0 Å². The molecule has 10 heavy (non-hydrogen) atoms. The molecule has 1 aromatic rings. The lowest BCUT2D eigenvalue weighted by molar-refractivity contribution is 0.594. The zero-order valence-corrected chi connectivity index (χ0v) is 6.20. The van der Waals surface area contributed by atoms with E-state index in [4.69, 9.17) is 6.42 Å². The van der Waals surface area contributed by atoms with Crippen molar-refractivity contribution in [2.45, 2.75) is 19.9 Å². The summed E-state index contributed by atoms with van der Waals surface area (Å²) < 4.78 is 1.96. The van der Waals surface area contributed by atoms with Gasteiger partial charge in [-0.15, -0.1) is 6.42 Å². The third-order valence-corrected chi connectivity index (χ3v) is 1.37. The molecule has 0 atom stereocenters. The molecular formula is C8H10N2. The molecule has 0 radical (unpaired) electrons. The van der Waals surface area contributed by atoms with Gasteiger partial charge in [-0.05, 0) is 13.8 Å². The molecule has 0 fully saturated rings. The summed E-state index contributed by atoms with van der Waals surface area (Å²) in [6.45, 7) is 4.14. The van der Waals surface area contributed by atoms with Crippen LogP contribution in [0.5, 0.6) is 0 Å². The van der Waals surface area contributed by atoms with E-state index in [0.29, 0.717) is 6.04 Å². The number of rotatable bonds is 1. The summed E-state index contributed by atoms with van der Waals surface area (Å²) in [5.74, 6) is 2.56. The summed E-state index contributed by atoms with van der Waals surface area (Å²) in [6, 6.07) is 0.397. The first-order valence-electron chi connectivity index (χ1n) is 3.24. The molecule has 0 aliphatic carbocycles. The Morgan fingerprint density at radius 1 is 1.70 bits per heavy atom. The lowest BCUT2D eigenvalue weighted by Crippen LogP contribution is -2.00. The Kier molecular flexibility index (Phi) is 1.77. The van der Waals surface area contributed by atoms with Gasteiger partial charge in [-0.25, -0.2) is 4.98 Å². The molecule has 0 N–H and O–H groups in total. The molecule has 0 spiro atoms. The maximum Gasteiger partial charge on any atom is 0.112 e. The molecule has 0 bridgehead atoms. The number of hydrogen-bond acceptors (Lipinski definition) is 1. The fourth-order valence-corrected chi connectivity index (χ4v) is 0.828. The van der Waals surface area contributed by atoms with Crippen molar-refractivity contribution in [3.63, 3.8) is 0 Å². The molecule has 0 aliphatic rings. The van der Waals surface area contributed by atoms with Crippen molar-refractivity contribution in [1.82, 2.24) is 9.55 Å². The van der Waals surface area contributed by atoms with Crippen molar-refractivity contribution in [1.29, 1.82) is 0 Å². The zero-order chi connectivity index (χ0) is 7.56. The standard InChI is InChI=1S/C8H10N2/c1-4-8-5-9-6-10(8)7(2)3/h1,5-7H,2-3H3. The van der Waals surface area contributed by atoms with Crippen LogP contribution in [0.1, 0.15) is 25.6 Å². The average molecular weight is 134 g/mol. The highest BCUT2D eigenvalue weighted by Gasteiger charge is 2.00. The van der Waals surface area contributed by atoms with Gasteiger partial charge >= 0.3 is 0 Å². The number of imidazole rings is 1. The highest BCUT2D eigenvalue weighted by atomic mass is 15.1. The summed E-state index contributed by atoms with van der Waals surface area (Å²) in [5, 5.41) is 0. The second-order valence-corrected chi connectivity index (χ2v) is 2.42. The molecule has 0 saturated heterocycles. The Balaban J connectivity index is 3.05. The van der Waals surface area contributed by atoms with Crippen LogP contribution in [0.2, 0.25) is 0 Å². The molecular weight excluding hydrogens is 124 g/mol. The van der Waals surface area contributed by atoms with E-state index in [9.17, 15) is 0 Å². The van der Waals surface area contributed by atoms with Gasteiger partial charge in [0.1, 0.15) is 5.69 Å². The molecule has 0 aliphatic heterocycles. The molecule has 1 aromatic heterocycles. The lowest BCUT2D eigenvalue weighted by Gasteiger charge is -2.06. The van der Waals surface area contributed by atoms with Crippen LogP contribution in [-0.2, 0) is 0 Å². The van der Waals surface area contributed by atoms with Gasteiger partial charge in [0, 0.05) is 6.04 Å². The Morgan fingerprint density at radius 2 is 2.40 bits per heavy atom. The lowest BCUT2D eigenvalue weighted by atomic mass is 10.3. The van der Waals surface area contributed by atoms with Crippen molar-refractivity contribution < 1.29 is 0 Å². The largest absolute Gasteiger partial charge is 0.322 e. The maximum atomic E-state index is 5.22. The summed E-state index contributed by atoms with van der Waals surface area (Å²) in [4.78, 5) is 3.93. The van der Waals surface area contributed by atoms with E-state index in [1.54, 1.807) is 12.5 Å². The molecule has 52 valence electrons. The van der Waals surface area contributed by atoms with Gasteiger partial charge in [0.25, 0.3) is 0 Å². The molecule has 0 unspecified atom stereocenters. The number of hydrogen-bond donors (Lipinski definition) is 0. The van der Waals surface area contributed by atoms with Gasteiger partial charge in [-0.1, -0.05) is 5.92 Å². The van der Waals surface area contributed by atoms with E-state index in [2.05, 4.69) is 24.8 Å². The van der Waals surface area contributed by atoms with Gasteiger partial charge in [-0.2, -0.15) is 0 Å². The number of terminal acetylenes is 1. The smallest absolute Gasteiger partial charge is 0.112 e. The van der Waals surface area contributed by atoms with Crippen molar-refractivity contribution in [2.75, 3.05) is 0 Å². The van der Waals surface area contributed by atoms with Crippen LogP contribution >= 0.6 is 0 Å². The Morgan fingerprint density at radius 3 is 2.80 bits per heavy atom. The summed E-state index contributed by atoms with van der Waals surface area (Å²) in [6.07, 6.45) is 8.67. The normalized spacial score (nSPS) is 9.80. The summed E-state index contributed by atoms with van der Waals surface area (Å²) in [5.41, 5.74) is 0.843. The summed E-state index contributed by atoms with van der Waals surface area (Å²) >= 11 is 0. The third kappa shape index (κ3) is 1.03. The topological polar surface area (TPSA) is 17.8 Å². The van der Waals surface area contributed by atoms with E-state index in [1.165, 1.54) is 0 Å². The minimum absolute atomic E-state index is 0.397. The van der Waals surface area contributed by atoms with Crippen LogP contribution < -0.4 is 0 Å². The molecule has 0 saturated carbocycles. The number of nitrogens with zero attached hydrogens (tertiary/aromatic N) is 2. The predicted octanol–water partition coefficient (Wildman–Crippen LogP) is 1.45. The van der Waals surface area contributed by atoms with Gasteiger partial charge in [-0.3, -0.25) is 0 Å². The van der Waals surface area contributed by atoms with Crippen LogP contribution in [0.15, 0.2) is 12.5 Å². The quantitative estimate of drug-likeness (QED) is 0.531. The average Bonchev–Trinajstić information content (AvgIpc) is 2.33. The van der Waals surface area contributed by atoms with Crippen LogP contribution in [0, 0.1) is 12.3 Å². The fraction of sp³-hybridized carbons (Fsp3) is 0.375. The van der Waals surface area contributed by atoms with Crippen LogP contribution in [0.4, 0.5) is 0 Å². The monoisotopic (exact) mass is 134 g/mol. The van der Waals surface area contributed by atoms with Crippen molar-refractivity contribution in [3.05, 3.63) is 18.2 Å². The first kappa shape index (κ1) is 6.88. The minimum atomic E-state index is 0.397. The second-order valence-electron chi connectivity index (χ2n) is 2.42. The minimum Gasteiger partial charge on any atom is -0.322 e. The van der Waals surface area contributed by atoms with Crippen LogP contribution in [0.3, 0.4) is 0 Å². The first-order valence-corrected chi connectivity index (χ1v) is 3.24. The van der Waals surface area contributed by atoms with Gasteiger partial charge in [0.2, 0.25) is 0 Å². The van der Waals surface area contributed by atoms with Gasteiger partial charge in [0.15, 0.2) is 0 Å². The highest BCUT2D eigenvalue weighted by Crippen LogP contribution is 2.06. The van der Waals surface area contributed by atoms with Gasteiger partial charge in [0.05, 0.1) is 12.5 Å². The Hall–Kier alpha value is -1.23. The molecule has 1 heterocycles. The molecule has 0 aromatic carbocycles. The first-order chi connectivity index (χ1) is 4.75. The number of aromatic nitrogens is 2. The zero-order valence-electron chi connectivity index (χ0n) is 6.20.